The first kappa shape index (κ1) is 11.1. The van der Waals surface area contributed by atoms with E-state index in [1.54, 1.807) is 6.21 Å². The molecule has 0 atom stereocenters. The van der Waals surface area contributed by atoms with Gasteiger partial charge < -0.3 is 0 Å². The fourth-order valence-corrected chi connectivity index (χ4v) is 2.30. The van der Waals surface area contributed by atoms with Crippen molar-refractivity contribution in [3.63, 3.8) is 0 Å². The average Bonchev–Trinajstić information content (AvgIpc) is 2.68. The van der Waals surface area contributed by atoms with E-state index in [0.29, 0.717) is 12.0 Å². The molecule has 2 aliphatic rings. The number of halogens is 1. The van der Waals surface area contributed by atoms with E-state index in [4.69, 9.17) is 0 Å². The molecule has 0 aliphatic carbocycles. The van der Waals surface area contributed by atoms with Crippen molar-refractivity contribution in [2.75, 3.05) is 0 Å². The third kappa shape index (κ3) is 1.82. The molecule has 0 aromatic heterocycles. The first-order valence-electron chi connectivity index (χ1n) is 5.91. The van der Waals surface area contributed by atoms with Gasteiger partial charge in [0.1, 0.15) is 0 Å². The average molecular weight is 240 g/mol. The number of rotatable bonds is 1. The Morgan fingerprint density at radius 1 is 1.28 bits per heavy atom. The molecular weight excluding hydrogens is 227 g/mol. The van der Waals surface area contributed by atoms with E-state index >= 15 is 0 Å². The molecule has 0 bridgehead atoms. The molecule has 0 radical (unpaired) electrons. The molecule has 3 heteroatoms. The van der Waals surface area contributed by atoms with Gasteiger partial charge >= 0.3 is 0 Å². The quantitative estimate of drug-likeness (QED) is 0.663. The Morgan fingerprint density at radius 2 is 2.11 bits per heavy atom. The van der Waals surface area contributed by atoms with Gasteiger partial charge in [-0.1, -0.05) is 18.7 Å². The molecule has 0 amide bonds. The van der Waals surface area contributed by atoms with Crippen molar-refractivity contribution in [3.05, 3.63) is 47.4 Å². The van der Waals surface area contributed by atoms with Crippen LogP contribution >= 0.6 is 0 Å². The molecule has 0 spiro atoms. The van der Waals surface area contributed by atoms with Crippen LogP contribution in [0, 0.1) is 0 Å². The van der Waals surface area contributed by atoms with Crippen molar-refractivity contribution in [2.45, 2.75) is 19.8 Å². The number of hydrogen-bond acceptors (Lipinski definition) is 2. The van der Waals surface area contributed by atoms with Crippen LogP contribution in [0.5, 0.6) is 0 Å². The Labute approximate surface area is 105 Å². The molecule has 0 saturated carbocycles. The number of nitrogens with zero attached hydrogens (tertiary/aromatic N) is 2. The van der Waals surface area contributed by atoms with Crippen molar-refractivity contribution in [2.24, 2.45) is 9.98 Å². The van der Waals surface area contributed by atoms with Crippen LogP contribution in [0.2, 0.25) is 0 Å². The van der Waals surface area contributed by atoms with E-state index in [1.807, 2.05) is 25.1 Å². The van der Waals surface area contributed by atoms with E-state index in [1.165, 1.54) is 0 Å². The lowest BCUT2D eigenvalue weighted by molar-refractivity contribution is 0.635. The van der Waals surface area contributed by atoms with Gasteiger partial charge in [0.15, 0.2) is 0 Å². The van der Waals surface area contributed by atoms with Gasteiger partial charge in [0.2, 0.25) is 5.95 Å². The molecule has 0 fully saturated rings. The molecule has 2 aliphatic heterocycles. The molecule has 18 heavy (non-hydrogen) atoms. The monoisotopic (exact) mass is 240 g/mol. The van der Waals surface area contributed by atoms with E-state index in [0.717, 1.165) is 34.5 Å². The highest BCUT2D eigenvalue weighted by Crippen LogP contribution is 2.34. The minimum Gasteiger partial charge on any atom is -0.256 e. The molecule has 90 valence electrons. The van der Waals surface area contributed by atoms with Crippen LogP contribution in [0.15, 0.2) is 46.3 Å². The summed E-state index contributed by atoms with van der Waals surface area (Å²) in [4.78, 5) is 8.19. The SMILES string of the molecule is C=C1C=Nc2cc(C3=C(F)N=C(C)C3)ccc2C1. The van der Waals surface area contributed by atoms with Crippen molar-refractivity contribution in [1.82, 2.24) is 0 Å². The Morgan fingerprint density at radius 3 is 2.83 bits per heavy atom. The summed E-state index contributed by atoms with van der Waals surface area (Å²) in [7, 11) is 0. The standard InChI is InChI=1S/C15H13FN2/c1-9-5-12-4-3-11(7-14(12)17-8-9)13-6-10(2)18-15(13)16/h3-4,7-8H,1,5-6H2,2H3. The van der Waals surface area contributed by atoms with Gasteiger partial charge in [-0.25, -0.2) is 4.99 Å². The summed E-state index contributed by atoms with van der Waals surface area (Å²) < 4.78 is 13.7. The summed E-state index contributed by atoms with van der Waals surface area (Å²) in [5, 5.41) is 0. The van der Waals surface area contributed by atoms with Gasteiger partial charge in [0.05, 0.1) is 5.69 Å². The number of aliphatic imine (C=N–C) groups is 2. The maximum atomic E-state index is 13.7. The van der Waals surface area contributed by atoms with E-state index in [-0.39, 0.29) is 5.95 Å². The van der Waals surface area contributed by atoms with Crippen LogP contribution in [-0.2, 0) is 6.42 Å². The van der Waals surface area contributed by atoms with Crippen LogP contribution in [0.3, 0.4) is 0 Å². The number of benzene rings is 1. The third-order valence-electron chi connectivity index (χ3n) is 3.21. The molecule has 0 unspecified atom stereocenters. The minimum atomic E-state index is -0.364. The van der Waals surface area contributed by atoms with Crippen LogP contribution in [0.25, 0.3) is 5.57 Å². The predicted molar refractivity (Wildman–Crippen MR) is 73.2 cm³/mol. The number of fused-ring (bicyclic) bond motifs is 1. The Bertz CT molecular complexity index is 636. The van der Waals surface area contributed by atoms with Crippen molar-refractivity contribution >= 4 is 23.2 Å². The first-order chi connectivity index (χ1) is 8.63. The van der Waals surface area contributed by atoms with Gasteiger partial charge in [-0.3, -0.25) is 4.99 Å². The normalized spacial score (nSPS) is 18.1. The highest BCUT2D eigenvalue weighted by atomic mass is 19.1. The van der Waals surface area contributed by atoms with Crippen LogP contribution in [-0.4, -0.2) is 11.9 Å². The summed E-state index contributed by atoms with van der Waals surface area (Å²) in [5.41, 5.74) is 5.40. The summed E-state index contributed by atoms with van der Waals surface area (Å²) >= 11 is 0. The number of allylic oxidation sites excluding steroid dienone is 2. The topological polar surface area (TPSA) is 24.7 Å². The van der Waals surface area contributed by atoms with Crippen LogP contribution < -0.4 is 0 Å². The van der Waals surface area contributed by atoms with Gasteiger partial charge in [-0.2, -0.15) is 4.39 Å². The molecule has 3 rings (SSSR count). The fourth-order valence-electron chi connectivity index (χ4n) is 2.30. The zero-order chi connectivity index (χ0) is 12.7. The third-order valence-corrected chi connectivity index (χ3v) is 3.21. The summed E-state index contributed by atoms with van der Waals surface area (Å²) in [5.74, 6) is -0.364. The zero-order valence-corrected chi connectivity index (χ0v) is 10.2. The first-order valence-corrected chi connectivity index (χ1v) is 5.91. The van der Waals surface area contributed by atoms with Gasteiger partial charge in [0, 0.05) is 30.3 Å². The highest BCUT2D eigenvalue weighted by molar-refractivity contribution is 5.98. The smallest absolute Gasteiger partial charge is 0.216 e. The van der Waals surface area contributed by atoms with Crippen LogP contribution in [0.1, 0.15) is 24.5 Å². The lowest BCUT2D eigenvalue weighted by Gasteiger charge is -2.13. The molecule has 1 aromatic carbocycles. The lowest BCUT2D eigenvalue weighted by Crippen LogP contribution is -1.98. The predicted octanol–water partition coefficient (Wildman–Crippen LogP) is 4.00. The van der Waals surface area contributed by atoms with Crippen LogP contribution in [0.4, 0.5) is 10.1 Å². The molecule has 0 saturated heterocycles. The summed E-state index contributed by atoms with van der Waals surface area (Å²) in [6.07, 6.45) is 3.17. The van der Waals surface area contributed by atoms with Gasteiger partial charge in [-0.15, -0.1) is 0 Å². The van der Waals surface area contributed by atoms with E-state index in [9.17, 15) is 4.39 Å². The molecular formula is C15H13FN2. The molecule has 2 heterocycles. The summed E-state index contributed by atoms with van der Waals surface area (Å²) in [6.45, 7) is 5.74. The maximum absolute atomic E-state index is 13.7. The maximum Gasteiger partial charge on any atom is 0.216 e. The van der Waals surface area contributed by atoms with Gasteiger partial charge in [-0.05, 0) is 29.7 Å². The van der Waals surface area contributed by atoms with Crippen molar-refractivity contribution in [1.29, 1.82) is 0 Å². The number of hydrogen-bond donors (Lipinski definition) is 0. The Balaban J connectivity index is 2.01. The molecule has 1 aromatic rings. The minimum absolute atomic E-state index is 0.364. The second kappa shape index (κ2) is 4.02. The molecule has 0 N–H and O–H groups in total. The second-order valence-corrected chi connectivity index (χ2v) is 4.73. The second-order valence-electron chi connectivity index (χ2n) is 4.73. The van der Waals surface area contributed by atoms with E-state index < -0.39 is 0 Å². The largest absolute Gasteiger partial charge is 0.256 e. The highest BCUT2D eigenvalue weighted by Gasteiger charge is 2.18. The zero-order valence-electron chi connectivity index (χ0n) is 10.2. The Kier molecular flexibility index (Phi) is 2.47. The Hall–Kier alpha value is -2.03. The van der Waals surface area contributed by atoms with E-state index in [2.05, 4.69) is 16.6 Å². The fraction of sp³-hybridized carbons (Fsp3) is 0.200. The lowest BCUT2D eigenvalue weighted by atomic mass is 9.96. The van der Waals surface area contributed by atoms with Crippen molar-refractivity contribution in [3.8, 4) is 0 Å². The van der Waals surface area contributed by atoms with Crippen molar-refractivity contribution < 1.29 is 4.39 Å². The summed E-state index contributed by atoms with van der Waals surface area (Å²) in [6, 6.07) is 5.87. The molecule has 2 nitrogen and oxygen atoms in total. The van der Waals surface area contributed by atoms with Gasteiger partial charge in [0.25, 0.3) is 0 Å².